The maximum absolute atomic E-state index is 13.9. The van der Waals surface area contributed by atoms with Crippen LogP contribution in [0.1, 0.15) is 37.2 Å². The Bertz CT molecular complexity index is 1070. The lowest BCUT2D eigenvalue weighted by Crippen LogP contribution is -2.41. The molecule has 2 unspecified atom stereocenters. The summed E-state index contributed by atoms with van der Waals surface area (Å²) in [6, 6.07) is 2.87. The van der Waals surface area contributed by atoms with E-state index < -0.39 is 35.7 Å². The van der Waals surface area contributed by atoms with Crippen LogP contribution >= 0.6 is 0 Å². The van der Waals surface area contributed by atoms with Gasteiger partial charge >= 0.3 is 0 Å². The highest BCUT2D eigenvalue weighted by atomic mass is 32.2. The average molecular weight is 518 g/mol. The number of hydrogen-bond donors (Lipinski definition) is 2. The molecular formula is C22H27F4N5O3S. The van der Waals surface area contributed by atoms with Crippen LogP contribution in [0.4, 0.5) is 29.2 Å². The average Bonchev–Trinajstić information content (AvgIpc) is 2.81. The molecule has 2 N–H and O–H groups in total. The predicted molar refractivity (Wildman–Crippen MR) is 123 cm³/mol. The lowest BCUT2D eigenvalue weighted by molar-refractivity contribution is 0.162. The number of aromatic nitrogens is 2. The molecule has 192 valence electrons. The van der Waals surface area contributed by atoms with Gasteiger partial charge in [-0.05, 0) is 19.1 Å². The van der Waals surface area contributed by atoms with Crippen molar-refractivity contribution in [3.8, 4) is 5.75 Å². The fraction of sp³-hybridized carbons (Fsp3) is 0.545. The summed E-state index contributed by atoms with van der Waals surface area (Å²) < 4.78 is 79.3. The number of hydrogen-bond acceptors (Lipinski definition) is 7. The summed E-state index contributed by atoms with van der Waals surface area (Å²) in [7, 11) is 0. The number of rotatable bonds is 8. The number of fused-ring (bicyclic) bond motifs is 1. The third-order valence-electron chi connectivity index (χ3n) is 6.19. The Morgan fingerprint density at radius 1 is 1.23 bits per heavy atom. The van der Waals surface area contributed by atoms with Crippen molar-refractivity contribution in [1.29, 1.82) is 0 Å². The molecule has 8 nitrogen and oxygen atoms in total. The topological polar surface area (TPSA) is 90.8 Å². The summed E-state index contributed by atoms with van der Waals surface area (Å²) in [5, 5.41) is 2.69. The van der Waals surface area contributed by atoms with Gasteiger partial charge in [0.1, 0.15) is 17.8 Å². The number of anilines is 2. The van der Waals surface area contributed by atoms with Gasteiger partial charge in [0.05, 0.1) is 24.0 Å². The highest BCUT2D eigenvalue weighted by Gasteiger charge is 2.31. The zero-order valence-corrected chi connectivity index (χ0v) is 19.9. The van der Waals surface area contributed by atoms with Crippen LogP contribution in [0.25, 0.3) is 0 Å². The van der Waals surface area contributed by atoms with E-state index in [0.29, 0.717) is 50.4 Å². The first-order chi connectivity index (χ1) is 16.7. The molecule has 0 aliphatic carbocycles. The summed E-state index contributed by atoms with van der Waals surface area (Å²) in [6.07, 6.45) is -1.32. The largest absolute Gasteiger partial charge is 0.487 e. The number of piperidine rings is 1. The standard InChI is InChI=1S/C22H27F4N5O3S/c1-13-20-17(6-9-31(13)12-35(32)33)28-22(21(29-20)27-11-19(25)26)30-7-4-15(5-8-30)34-18-3-2-14(23)10-16(18)24/h2-3,10,13,15,19H,4-9,11-12H2,1H3,(H,27,29)(H,32,33). The number of halogens is 4. The molecule has 4 rings (SSSR count). The quantitative estimate of drug-likeness (QED) is 0.406. The highest BCUT2D eigenvalue weighted by molar-refractivity contribution is 7.79. The van der Waals surface area contributed by atoms with Gasteiger partial charge in [0.25, 0.3) is 6.43 Å². The summed E-state index contributed by atoms with van der Waals surface area (Å²) in [5.74, 6) is -0.804. The summed E-state index contributed by atoms with van der Waals surface area (Å²) in [6.45, 7) is 2.73. The molecule has 2 aliphatic rings. The summed E-state index contributed by atoms with van der Waals surface area (Å²) >= 11 is -2.00. The molecule has 1 fully saturated rings. The van der Waals surface area contributed by atoms with E-state index >= 15 is 0 Å². The van der Waals surface area contributed by atoms with Crippen LogP contribution in [-0.4, -0.2) is 68.2 Å². The van der Waals surface area contributed by atoms with Crippen LogP contribution in [0.3, 0.4) is 0 Å². The second kappa shape index (κ2) is 11.0. The first-order valence-electron chi connectivity index (χ1n) is 11.3. The van der Waals surface area contributed by atoms with E-state index in [0.717, 1.165) is 17.8 Å². The van der Waals surface area contributed by atoms with E-state index in [1.54, 1.807) is 4.90 Å². The van der Waals surface area contributed by atoms with Gasteiger partial charge < -0.3 is 19.5 Å². The van der Waals surface area contributed by atoms with Crippen molar-refractivity contribution in [2.75, 3.05) is 42.3 Å². The summed E-state index contributed by atoms with van der Waals surface area (Å²) in [4.78, 5) is 13.1. The molecule has 2 aliphatic heterocycles. The maximum atomic E-state index is 13.9. The van der Waals surface area contributed by atoms with Crippen molar-refractivity contribution in [2.45, 2.75) is 44.8 Å². The molecule has 1 aromatic carbocycles. The van der Waals surface area contributed by atoms with Gasteiger partial charge in [-0.25, -0.2) is 31.7 Å². The number of nitrogens with one attached hydrogen (secondary N) is 1. The molecule has 3 heterocycles. The molecular weight excluding hydrogens is 490 g/mol. The van der Waals surface area contributed by atoms with Crippen molar-refractivity contribution in [1.82, 2.24) is 14.9 Å². The van der Waals surface area contributed by atoms with Crippen LogP contribution < -0.4 is 15.0 Å². The Morgan fingerprint density at radius 3 is 2.63 bits per heavy atom. The van der Waals surface area contributed by atoms with E-state index in [9.17, 15) is 26.3 Å². The molecule has 2 atom stereocenters. The molecule has 0 saturated carbocycles. The number of benzene rings is 1. The normalized spacial score (nSPS) is 20.1. The monoisotopic (exact) mass is 517 g/mol. The van der Waals surface area contributed by atoms with E-state index in [1.807, 2.05) is 11.8 Å². The van der Waals surface area contributed by atoms with E-state index in [4.69, 9.17) is 9.72 Å². The Hall–Kier alpha value is -2.51. The van der Waals surface area contributed by atoms with Crippen LogP contribution in [0.15, 0.2) is 18.2 Å². The Kier molecular flexibility index (Phi) is 8.07. The van der Waals surface area contributed by atoms with Crippen molar-refractivity contribution in [3.05, 3.63) is 41.2 Å². The SMILES string of the molecule is CC1c2nc(NCC(F)F)c(N3CCC(Oc4ccc(F)cc4F)CC3)nc2CCN1CS(=O)O. The third-order valence-corrected chi connectivity index (χ3v) is 6.74. The molecule has 0 spiro atoms. The molecule has 1 saturated heterocycles. The lowest BCUT2D eigenvalue weighted by Gasteiger charge is -2.36. The fourth-order valence-corrected chi connectivity index (χ4v) is 5.01. The second-order valence-electron chi connectivity index (χ2n) is 8.57. The molecule has 1 aromatic heterocycles. The van der Waals surface area contributed by atoms with Crippen molar-refractivity contribution in [2.24, 2.45) is 0 Å². The lowest BCUT2D eigenvalue weighted by atomic mass is 10.0. The molecule has 0 radical (unpaired) electrons. The van der Waals surface area contributed by atoms with Crippen molar-refractivity contribution in [3.63, 3.8) is 0 Å². The number of alkyl halides is 2. The fourth-order valence-electron chi connectivity index (χ4n) is 4.37. The Labute approximate surface area is 203 Å². The second-order valence-corrected chi connectivity index (χ2v) is 9.47. The summed E-state index contributed by atoms with van der Waals surface area (Å²) in [5.41, 5.74) is 1.31. The van der Waals surface area contributed by atoms with Gasteiger partial charge in [0.15, 0.2) is 34.3 Å². The molecule has 0 amide bonds. The first kappa shape index (κ1) is 25.6. The minimum atomic E-state index is -2.59. The minimum absolute atomic E-state index is 0.0138. The number of nitrogens with zero attached hydrogens (tertiary/aromatic N) is 4. The van der Waals surface area contributed by atoms with Gasteiger partial charge in [0.2, 0.25) is 0 Å². The first-order valence-corrected chi connectivity index (χ1v) is 12.6. The molecule has 2 aromatic rings. The zero-order valence-electron chi connectivity index (χ0n) is 19.1. The third kappa shape index (κ3) is 6.19. The van der Waals surface area contributed by atoms with E-state index in [-0.39, 0.29) is 29.6 Å². The Balaban J connectivity index is 1.51. The van der Waals surface area contributed by atoms with E-state index in [2.05, 4.69) is 10.3 Å². The van der Waals surface area contributed by atoms with Crippen LogP contribution in [0, 0.1) is 11.6 Å². The Morgan fingerprint density at radius 2 is 1.97 bits per heavy atom. The smallest absolute Gasteiger partial charge is 0.255 e. The molecule has 35 heavy (non-hydrogen) atoms. The van der Waals surface area contributed by atoms with Crippen LogP contribution in [0.5, 0.6) is 5.75 Å². The predicted octanol–water partition coefficient (Wildman–Crippen LogP) is 3.58. The highest BCUT2D eigenvalue weighted by Crippen LogP contribution is 2.34. The van der Waals surface area contributed by atoms with Crippen molar-refractivity contribution < 1.29 is 31.1 Å². The zero-order chi connectivity index (χ0) is 25.1. The molecule has 13 heteroatoms. The van der Waals surface area contributed by atoms with Gasteiger partial charge in [-0.15, -0.1) is 0 Å². The maximum Gasteiger partial charge on any atom is 0.255 e. The van der Waals surface area contributed by atoms with Gasteiger partial charge in [-0.3, -0.25) is 4.90 Å². The van der Waals surface area contributed by atoms with Gasteiger partial charge in [0, 0.05) is 45.0 Å². The van der Waals surface area contributed by atoms with Gasteiger partial charge in [-0.2, -0.15) is 0 Å². The van der Waals surface area contributed by atoms with E-state index in [1.165, 1.54) is 6.07 Å². The van der Waals surface area contributed by atoms with Crippen LogP contribution in [-0.2, 0) is 17.5 Å². The molecule has 0 bridgehead atoms. The number of ether oxygens (including phenoxy) is 1. The van der Waals surface area contributed by atoms with Crippen molar-refractivity contribution >= 4 is 22.7 Å². The van der Waals surface area contributed by atoms with Crippen LogP contribution in [0.2, 0.25) is 0 Å². The van der Waals surface area contributed by atoms with Gasteiger partial charge in [-0.1, -0.05) is 0 Å². The minimum Gasteiger partial charge on any atom is -0.487 e.